The fraction of sp³-hybridized carbons (Fsp3) is 0.375. The minimum Gasteiger partial charge on any atom is -0.308 e. The topological polar surface area (TPSA) is 12.0 Å². The van der Waals surface area contributed by atoms with Gasteiger partial charge in [-0.25, -0.2) is 0 Å². The number of hydrogen-bond acceptors (Lipinski definition) is 2. The molecule has 2 heteroatoms. The average Bonchev–Trinajstić information content (AvgIpc) is 2.87. The van der Waals surface area contributed by atoms with Crippen LogP contribution in [0.25, 0.3) is 0 Å². The van der Waals surface area contributed by atoms with Gasteiger partial charge in [0.1, 0.15) is 0 Å². The first-order chi connectivity index (χ1) is 8.83. The molecule has 1 aromatic heterocycles. The Labute approximate surface area is 114 Å². The Hall–Kier alpha value is -1.12. The van der Waals surface area contributed by atoms with Gasteiger partial charge in [-0.05, 0) is 36.1 Å². The van der Waals surface area contributed by atoms with E-state index in [1.807, 2.05) is 11.3 Å². The fourth-order valence-electron chi connectivity index (χ4n) is 2.10. The first kappa shape index (κ1) is 13.3. The molecule has 0 aliphatic heterocycles. The van der Waals surface area contributed by atoms with Crippen LogP contribution in [0.3, 0.4) is 0 Å². The molecule has 0 spiro atoms. The average molecular weight is 259 g/mol. The summed E-state index contributed by atoms with van der Waals surface area (Å²) >= 11 is 1.92. The molecule has 1 heterocycles. The molecule has 2 rings (SSSR count). The van der Waals surface area contributed by atoms with E-state index in [4.69, 9.17) is 0 Å². The second-order valence-electron chi connectivity index (χ2n) is 4.45. The monoisotopic (exact) mass is 259 g/mol. The second-order valence-corrected chi connectivity index (χ2v) is 5.70. The van der Waals surface area contributed by atoms with E-state index in [0.717, 1.165) is 25.9 Å². The minimum atomic E-state index is 0.962. The van der Waals surface area contributed by atoms with Gasteiger partial charge in [-0.15, -0.1) is 11.3 Å². The number of aryl methyl sites for hydroxylation is 2. The SMILES string of the molecule is CCc1ccc(CNCc2ccccc2CC)s1. The van der Waals surface area contributed by atoms with Gasteiger partial charge >= 0.3 is 0 Å². The highest BCUT2D eigenvalue weighted by Gasteiger charge is 2.01. The van der Waals surface area contributed by atoms with Crippen molar-refractivity contribution in [1.29, 1.82) is 0 Å². The van der Waals surface area contributed by atoms with Gasteiger partial charge in [0.2, 0.25) is 0 Å². The Morgan fingerprint density at radius 2 is 1.56 bits per heavy atom. The summed E-state index contributed by atoms with van der Waals surface area (Å²) < 4.78 is 0. The Morgan fingerprint density at radius 3 is 2.22 bits per heavy atom. The lowest BCUT2D eigenvalue weighted by Gasteiger charge is -2.08. The van der Waals surface area contributed by atoms with Crippen molar-refractivity contribution in [1.82, 2.24) is 5.32 Å². The van der Waals surface area contributed by atoms with Crippen LogP contribution >= 0.6 is 11.3 Å². The standard InChI is InChI=1S/C16H21NS/c1-3-13-7-5-6-8-14(13)11-17-12-16-10-9-15(4-2)18-16/h5-10,17H,3-4,11-12H2,1-2H3. The molecule has 0 atom stereocenters. The molecule has 1 N–H and O–H groups in total. The molecule has 1 aromatic carbocycles. The van der Waals surface area contributed by atoms with Gasteiger partial charge in [0.25, 0.3) is 0 Å². The molecule has 2 aromatic rings. The summed E-state index contributed by atoms with van der Waals surface area (Å²) in [5.41, 5.74) is 2.87. The predicted molar refractivity (Wildman–Crippen MR) is 80.1 cm³/mol. The quantitative estimate of drug-likeness (QED) is 0.821. The molecule has 0 aliphatic rings. The van der Waals surface area contributed by atoms with Gasteiger partial charge < -0.3 is 5.32 Å². The molecule has 0 unspecified atom stereocenters. The van der Waals surface area contributed by atoms with Gasteiger partial charge in [0.15, 0.2) is 0 Å². The lowest BCUT2D eigenvalue weighted by atomic mass is 10.1. The lowest BCUT2D eigenvalue weighted by Crippen LogP contribution is -2.13. The van der Waals surface area contributed by atoms with Gasteiger partial charge in [-0.3, -0.25) is 0 Å². The molecule has 0 amide bonds. The van der Waals surface area contributed by atoms with Crippen LogP contribution in [-0.4, -0.2) is 0 Å². The first-order valence-corrected chi connectivity index (χ1v) is 7.50. The van der Waals surface area contributed by atoms with Gasteiger partial charge in [0.05, 0.1) is 0 Å². The molecule has 0 bridgehead atoms. The summed E-state index contributed by atoms with van der Waals surface area (Å²) in [6.45, 7) is 6.36. The zero-order valence-corrected chi connectivity index (χ0v) is 12.0. The summed E-state index contributed by atoms with van der Waals surface area (Å²) in [5.74, 6) is 0. The highest BCUT2D eigenvalue weighted by atomic mass is 32.1. The zero-order chi connectivity index (χ0) is 12.8. The van der Waals surface area contributed by atoms with E-state index in [1.165, 1.54) is 20.9 Å². The maximum absolute atomic E-state index is 3.54. The molecule has 18 heavy (non-hydrogen) atoms. The van der Waals surface area contributed by atoms with Crippen molar-refractivity contribution in [2.45, 2.75) is 39.8 Å². The second kappa shape index (κ2) is 6.72. The molecule has 0 radical (unpaired) electrons. The van der Waals surface area contributed by atoms with Crippen molar-refractivity contribution in [3.63, 3.8) is 0 Å². The largest absolute Gasteiger partial charge is 0.308 e. The van der Waals surface area contributed by atoms with Crippen molar-refractivity contribution in [2.75, 3.05) is 0 Å². The van der Waals surface area contributed by atoms with Crippen molar-refractivity contribution < 1.29 is 0 Å². The van der Waals surface area contributed by atoms with Crippen LogP contribution in [0.15, 0.2) is 36.4 Å². The van der Waals surface area contributed by atoms with E-state index in [9.17, 15) is 0 Å². The van der Waals surface area contributed by atoms with Crippen LogP contribution < -0.4 is 5.32 Å². The third-order valence-corrected chi connectivity index (χ3v) is 4.41. The minimum absolute atomic E-state index is 0.962. The molecule has 0 saturated carbocycles. The first-order valence-electron chi connectivity index (χ1n) is 6.68. The molecule has 1 nitrogen and oxygen atoms in total. The van der Waals surface area contributed by atoms with Crippen LogP contribution in [0.5, 0.6) is 0 Å². The summed E-state index contributed by atoms with van der Waals surface area (Å²) in [6.07, 6.45) is 2.25. The molecule has 0 fully saturated rings. The lowest BCUT2D eigenvalue weighted by molar-refractivity contribution is 0.695. The maximum atomic E-state index is 3.54. The van der Waals surface area contributed by atoms with Crippen LogP contribution in [0.4, 0.5) is 0 Å². The summed E-state index contributed by atoms with van der Waals surface area (Å²) in [6, 6.07) is 13.2. The van der Waals surface area contributed by atoms with E-state index in [0.29, 0.717) is 0 Å². The van der Waals surface area contributed by atoms with E-state index in [-0.39, 0.29) is 0 Å². The van der Waals surface area contributed by atoms with Crippen molar-refractivity contribution >= 4 is 11.3 Å². The van der Waals surface area contributed by atoms with Crippen LogP contribution in [0, 0.1) is 0 Å². The van der Waals surface area contributed by atoms with E-state index in [1.54, 1.807) is 0 Å². The zero-order valence-electron chi connectivity index (χ0n) is 11.2. The summed E-state index contributed by atoms with van der Waals surface area (Å²) in [5, 5.41) is 3.54. The number of nitrogens with one attached hydrogen (secondary N) is 1. The summed E-state index contributed by atoms with van der Waals surface area (Å²) in [4.78, 5) is 2.90. The number of rotatable bonds is 6. The van der Waals surface area contributed by atoms with Gasteiger partial charge in [-0.2, -0.15) is 0 Å². The van der Waals surface area contributed by atoms with E-state index < -0.39 is 0 Å². The molecular formula is C16H21NS. The number of hydrogen-bond donors (Lipinski definition) is 1. The third-order valence-electron chi connectivity index (χ3n) is 3.18. The van der Waals surface area contributed by atoms with Crippen LogP contribution in [-0.2, 0) is 25.9 Å². The Morgan fingerprint density at radius 1 is 0.833 bits per heavy atom. The molecule has 0 aliphatic carbocycles. The highest BCUT2D eigenvalue weighted by molar-refractivity contribution is 7.11. The van der Waals surface area contributed by atoms with Gasteiger partial charge in [0, 0.05) is 22.8 Å². The number of benzene rings is 1. The van der Waals surface area contributed by atoms with Gasteiger partial charge in [-0.1, -0.05) is 38.1 Å². The van der Waals surface area contributed by atoms with Crippen molar-refractivity contribution in [2.24, 2.45) is 0 Å². The third kappa shape index (κ3) is 3.44. The highest BCUT2D eigenvalue weighted by Crippen LogP contribution is 2.17. The maximum Gasteiger partial charge on any atom is 0.0303 e. The number of thiophene rings is 1. The van der Waals surface area contributed by atoms with E-state index in [2.05, 4.69) is 55.6 Å². The smallest absolute Gasteiger partial charge is 0.0303 e. The Bertz CT molecular complexity index is 487. The van der Waals surface area contributed by atoms with Crippen LogP contribution in [0.1, 0.15) is 34.7 Å². The predicted octanol–water partition coefficient (Wildman–Crippen LogP) is 4.16. The molecule has 0 saturated heterocycles. The fourth-order valence-corrected chi connectivity index (χ4v) is 3.03. The van der Waals surface area contributed by atoms with Crippen molar-refractivity contribution in [3.05, 3.63) is 57.3 Å². The summed E-state index contributed by atoms with van der Waals surface area (Å²) in [7, 11) is 0. The Balaban J connectivity index is 1.88. The molecule has 96 valence electrons. The van der Waals surface area contributed by atoms with Crippen LogP contribution in [0.2, 0.25) is 0 Å². The molecular weight excluding hydrogens is 238 g/mol. The normalized spacial score (nSPS) is 10.8. The van der Waals surface area contributed by atoms with Crippen molar-refractivity contribution in [3.8, 4) is 0 Å². The van der Waals surface area contributed by atoms with E-state index >= 15 is 0 Å². The Kier molecular flexibility index (Phi) is 4.97.